The van der Waals surface area contributed by atoms with E-state index in [4.69, 9.17) is 10.5 Å². The summed E-state index contributed by atoms with van der Waals surface area (Å²) in [4.78, 5) is 10.5. The lowest BCUT2D eigenvalue weighted by Gasteiger charge is -2.10. The van der Waals surface area contributed by atoms with E-state index in [-0.39, 0.29) is 17.1 Å². The Morgan fingerprint density at radius 1 is 1.26 bits per heavy atom. The highest BCUT2D eigenvalue weighted by Gasteiger charge is 2.20. The van der Waals surface area contributed by atoms with Crippen LogP contribution in [0.4, 0.5) is 11.4 Å². The van der Waals surface area contributed by atoms with Crippen molar-refractivity contribution in [2.45, 2.75) is 6.92 Å². The van der Waals surface area contributed by atoms with Gasteiger partial charge in [-0.3, -0.25) is 10.1 Å². The molecule has 2 N–H and O–H groups in total. The first-order valence-corrected chi connectivity index (χ1v) is 6.25. The second-order valence-electron chi connectivity index (χ2n) is 3.96. The normalized spacial score (nSPS) is 10.2. The Hall–Kier alpha value is -2.08. The summed E-state index contributed by atoms with van der Waals surface area (Å²) in [6.45, 7) is 1.86. The molecule has 0 fully saturated rings. The van der Waals surface area contributed by atoms with Crippen LogP contribution >= 0.6 is 15.9 Å². The molecule has 2 aromatic carbocycles. The van der Waals surface area contributed by atoms with Gasteiger partial charge in [0.2, 0.25) is 5.75 Å². The Labute approximate surface area is 118 Å². The number of aryl methyl sites for hydroxylation is 1. The van der Waals surface area contributed by atoms with E-state index in [0.717, 1.165) is 10.0 Å². The Balaban J connectivity index is 2.44. The molecule has 0 aliphatic rings. The van der Waals surface area contributed by atoms with Crippen LogP contribution in [-0.4, -0.2) is 4.92 Å². The fourth-order valence-corrected chi connectivity index (χ4v) is 2.14. The van der Waals surface area contributed by atoms with Crippen molar-refractivity contribution in [2.24, 2.45) is 0 Å². The average molecular weight is 323 g/mol. The molecule has 0 aliphatic heterocycles. The number of nitro benzene ring substituents is 1. The van der Waals surface area contributed by atoms with Crippen molar-refractivity contribution in [1.82, 2.24) is 0 Å². The van der Waals surface area contributed by atoms with Crippen LogP contribution < -0.4 is 10.5 Å². The summed E-state index contributed by atoms with van der Waals surface area (Å²) in [5.41, 5.74) is 6.34. The summed E-state index contributed by atoms with van der Waals surface area (Å²) < 4.78 is 6.51. The number of nitrogen functional groups attached to an aromatic ring is 1. The van der Waals surface area contributed by atoms with Gasteiger partial charge in [-0.15, -0.1) is 0 Å². The minimum atomic E-state index is -0.543. The van der Waals surface area contributed by atoms with E-state index in [0.29, 0.717) is 5.75 Å². The molecule has 6 heteroatoms. The topological polar surface area (TPSA) is 78.4 Å². The molecule has 0 radical (unpaired) electrons. The number of nitro groups is 1. The summed E-state index contributed by atoms with van der Waals surface area (Å²) in [5.74, 6) is 0.687. The fourth-order valence-electron chi connectivity index (χ4n) is 1.66. The van der Waals surface area contributed by atoms with Crippen LogP contribution in [0.3, 0.4) is 0 Å². The van der Waals surface area contributed by atoms with E-state index in [1.807, 2.05) is 13.0 Å². The van der Waals surface area contributed by atoms with Crippen LogP contribution in [0.15, 0.2) is 40.9 Å². The van der Waals surface area contributed by atoms with Gasteiger partial charge in [-0.25, -0.2) is 0 Å². The minimum Gasteiger partial charge on any atom is -0.450 e. The van der Waals surface area contributed by atoms with E-state index >= 15 is 0 Å². The summed E-state index contributed by atoms with van der Waals surface area (Å²) in [5, 5.41) is 11.0. The standard InChI is InChI=1S/C13H11BrN2O3/c1-8-7-9(14)5-6-11(8)19-12-4-2-3-10(15)13(12)16(17)18/h2-7H,15H2,1H3. The molecule has 0 unspecified atom stereocenters. The molecule has 0 atom stereocenters. The highest BCUT2D eigenvalue weighted by Crippen LogP contribution is 2.37. The molecular weight excluding hydrogens is 312 g/mol. The third-order valence-electron chi connectivity index (χ3n) is 2.57. The number of benzene rings is 2. The second kappa shape index (κ2) is 5.27. The number of nitrogens with zero attached hydrogens (tertiary/aromatic N) is 1. The second-order valence-corrected chi connectivity index (χ2v) is 4.88. The lowest BCUT2D eigenvalue weighted by Crippen LogP contribution is -1.99. The average Bonchev–Trinajstić information content (AvgIpc) is 2.32. The van der Waals surface area contributed by atoms with Crippen LogP contribution in [0, 0.1) is 17.0 Å². The van der Waals surface area contributed by atoms with Crippen LogP contribution in [0.25, 0.3) is 0 Å². The molecule has 0 amide bonds. The molecule has 0 aromatic heterocycles. The Bertz CT molecular complexity index is 644. The zero-order valence-corrected chi connectivity index (χ0v) is 11.7. The first-order chi connectivity index (χ1) is 8.99. The Kier molecular flexibility index (Phi) is 3.71. The lowest BCUT2D eigenvalue weighted by atomic mass is 10.2. The smallest absolute Gasteiger partial charge is 0.334 e. The fraction of sp³-hybridized carbons (Fsp3) is 0.0769. The highest BCUT2D eigenvalue weighted by molar-refractivity contribution is 9.10. The monoisotopic (exact) mass is 322 g/mol. The van der Waals surface area contributed by atoms with E-state index in [9.17, 15) is 10.1 Å². The lowest BCUT2D eigenvalue weighted by molar-refractivity contribution is -0.384. The van der Waals surface area contributed by atoms with Crippen molar-refractivity contribution in [3.63, 3.8) is 0 Å². The van der Waals surface area contributed by atoms with Gasteiger partial charge in [-0.2, -0.15) is 0 Å². The molecule has 0 saturated heterocycles. The van der Waals surface area contributed by atoms with E-state index < -0.39 is 4.92 Å². The van der Waals surface area contributed by atoms with Gasteiger partial charge in [0.05, 0.1) is 4.92 Å². The van der Waals surface area contributed by atoms with Crippen LogP contribution in [0.5, 0.6) is 11.5 Å². The number of ether oxygens (including phenoxy) is 1. The first kappa shape index (κ1) is 13.4. The molecule has 0 bridgehead atoms. The number of hydrogen-bond donors (Lipinski definition) is 1. The predicted octanol–water partition coefficient (Wildman–Crippen LogP) is 4.04. The molecule has 5 nitrogen and oxygen atoms in total. The highest BCUT2D eigenvalue weighted by atomic mass is 79.9. The molecular formula is C13H11BrN2O3. The maximum atomic E-state index is 11.0. The third kappa shape index (κ3) is 2.85. The Morgan fingerprint density at radius 2 is 2.00 bits per heavy atom. The predicted molar refractivity (Wildman–Crippen MR) is 76.5 cm³/mol. The van der Waals surface area contributed by atoms with Crippen LogP contribution in [-0.2, 0) is 0 Å². The van der Waals surface area contributed by atoms with E-state index in [1.165, 1.54) is 12.1 Å². The molecule has 0 heterocycles. The largest absolute Gasteiger partial charge is 0.450 e. The molecule has 0 spiro atoms. The number of rotatable bonds is 3. The van der Waals surface area contributed by atoms with Gasteiger partial charge >= 0.3 is 5.69 Å². The van der Waals surface area contributed by atoms with Crippen molar-refractivity contribution in [2.75, 3.05) is 5.73 Å². The molecule has 19 heavy (non-hydrogen) atoms. The Morgan fingerprint density at radius 3 is 2.63 bits per heavy atom. The van der Waals surface area contributed by atoms with Gasteiger partial charge in [0.15, 0.2) is 0 Å². The van der Waals surface area contributed by atoms with Crippen LogP contribution in [0.1, 0.15) is 5.56 Å². The van der Waals surface area contributed by atoms with Gasteiger partial charge in [0.1, 0.15) is 11.4 Å². The molecule has 0 saturated carbocycles. The van der Waals surface area contributed by atoms with E-state index in [1.54, 1.807) is 18.2 Å². The van der Waals surface area contributed by atoms with Crippen LogP contribution in [0.2, 0.25) is 0 Å². The quantitative estimate of drug-likeness (QED) is 0.525. The SMILES string of the molecule is Cc1cc(Br)ccc1Oc1cccc(N)c1[N+](=O)[O-]. The molecule has 0 aliphatic carbocycles. The van der Waals surface area contributed by atoms with Gasteiger partial charge in [0, 0.05) is 4.47 Å². The number of halogens is 1. The van der Waals surface area contributed by atoms with Gasteiger partial charge in [-0.05, 0) is 42.8 Å². The van der Waals surface area contributed by atoms with Gasteiger partial charge < -0.3 is 10.5 Å². The maximum Gasteiger partial charge on any atom is 0.334 e. The van der Waals surface area contributed by atoms with Gasteiger partial charge in [-0.1, -0.05) is 22.0 Å². The van der Waals surface area contributed by atoms with Crippen molar-refractivity contribution in [3.8, 4) is 11.5 Å². The summed E-state index contributed by atoms with van der Waals surface area (Å²) >= 11 is 3.35. The first-order valence-electron chi connectivity index (χ1n) is 5.46. The molecule has 2 aromatic rings. The number of hydrogen-bond acceptors (Lipinski definition) is 4. The van der Waals surface area contributed by atoms with Crippen molar-refractivity contribution >= 4 is 27.3 Å². The minimum absolute atomic E-state index is 0.0808. The summed E-state index contributed by atoms with van der Waals surface area (Å²) in [6, 6.07) is 10.0. The molecule has 2 rings (SSSR count). The zero-order valence-electron chi connectivity index (χ0n) is 10.1. The summed E-state index contributed by atoms with van der Waals surface area (Å²) in [7, 11) is 0. The number of anilines is 1. The van der Waals surface area contributed by atoms with Crippen molar-refractivity contribution < 1.29 is 9.66 Å². The summed E-state index contributed by atoms with van der Waals surface area (Å²) in [6.07, 6.45) is 0. The van der Waals surface area contributed by atoms with Gasteiger partial charge in [0.25, 0.3) is 0 Å². The number of nitrogens with two attached hydrogens (primary N) is 1. The third-order valence-corrected chi connectivity index (χ3v) is 3.06. The zero-order chi connectivity index (χ0) is 14.0. The van der Waals surface area contributed by atoms with E-state index in [2.05, 4.69) is 15.9 Å². The molecule has 98 valence electrons. The van der Waals surface area contributed by atoms with Crippen molar-refractivity contribution in [3.05, 3.63) is 56.5 Å². The van der Waals surface area contributed by atoms with Crippen molar-refractivity contribution in [1.29, 1.82) is 0 Å². The number of para-hydroxylation sites is 1. The maximum absolute atomic E-state index is 11.0.